The Labute approximate surface area is 85.8 Å². The SMILES string of the molecule is CC(C)(N)CSC1CCC(N)CC1. The van der Waals surface area contributed by atoms with Gasteiger partial charge in [0.15, 0.2) is 0 Å². The van der Waals surface area contributed by atoms with E-state index in [-0.39, 0.29) is 5.54 Å². The predicted octanol–water partition coefficient (Wildman–Crippen LogP) is 1.73. The lowest BCUT2D eigenvalue weighted by Gasteiger charge is -2.28. The van der Waals surface area contributed by atoms with Crippen LogP contribution >= 0.6 is 11.8 Å². The van der Waals surface area contributed by atoms with E-state index in [1.54, 1.807) is 0 Å². The maximum absolute atomic E-state index is 5.93. The van der Waals surface area contributed by atoms with Gasteiger partial charge in [-0.25, -0.2) is 0 Å². The molecule has 1 aliphatic carbocycles. The molecule has 0 heterocycles. The zero-order valence-electron chi connectivity index (χ0n) is 8.75. The van der Waals surface area contributed by atoms with Gasteiger partial charge in [-0.3, -0.25) is 0 Å². The lowest BCUT2D eigenvalue weighted by atomic mass is 9.96. The highest BCUT2D eigenvalue weighted by Gasteiger charge is 2.21. The molecule has 1 rings (SSSR count). The Balaban J connectivity index is 2.16. The van der Waals surface area contributed by atoms with Gasteiger partial charge in [0.25, 0.3) is 0 Å². The Morgan fingerprint density at radius 1 is 1.23 bits per heavy atom. The molecule has 13 heavy (non-hydrogen) atoms. The van der Waals surface area contributed by atoms with E-state index in [2.05, 4.69) is 13.8 Å². The van der Waals surface area contributed by atoms with Crippen molar-refractivity contribution in [2.24, 2.45) is 11.5 Å². The van der Waals surface area contributed by atoms with Gasteiger partial charge in [0.1, 0.15) is 0 Å². The monoisotopic (exact) mass is 202 g/mol. The summed E-state index contributed by atoms with van der Waals surface area (Å²) in [5.74, 6) is 1.06. The van der Waals surface area contributed by atoms with Crippen LogP contribution in [-0.4, -0.2) is 22.6 Å². The fraction of sp³-hybridized carbons (Fsp3) is 1.00. The van der Waals surface area contributed by atoms with Crippen molar-refractivity contribution in [2.75, 3.05) is 5.75 Å². The van der Waals surface area contributed by atoms with E-state index in [0.717, 1.165) is 11.0 Å². The van der Waals surface area contributed by atoms with Crippen molar-refractivity contribution in [1.29, 1.82) is 0 Å². The normalized spacial score (nSPS) is 30.5. The van der Waals surface area contributed by atoms with E-state index < -0.39 is 0 Å². The Kier molecular flexibility index (Phi) is 4.07. The van der Waals surface area contributed by atoms with Gasteiger partial charge in [-0.05, 0) is 39.5 Å². The Morgan fingerprint density at radius 3 is 2.23 bits per heavy atom. The quantitative estimate of drug-likeness (QED) is 0.733. The van der Waals surface area contributed by atoms with Crippen LogP contribution in [0.2, 0.25) is 0 Å². The molecule has 0 aromatic rings. The summed E-state index contributed by atoms with van der Waals surface area (Å²) in [6.45, 7) is 4.18. The highest BCUT2D eigenvalue weighted by Crippen LogP contribution is 2.29. The first kappa shape index (κ1) is 11.3. The molecule has 1 fully saturated rings. The van der Waals surface area contributed by atoms with E-state index in [1.807, 2.05) is 11.8 Å². The van der Waals surface area contributed by atoms with E-state index in [0.29, 0.717) is 6.04 Å². The van der Waals surface area contributed by atoms with Gasteiger partial charge < -0.3 is 11.5 Å². The van der Waals surface area contributed by atoms with Crippen molar-refractivity contribution in [3.05, 3.63) is 0 Å². The smallest absolute Gasteiger partial charge is 0.0188 e. The van der Waals surface area contributed by atoms with Gasteiger partial charge in [-0.1, -0.05) is 0 Å². The van der Waals surface area contributed by atoms with E-state index >= 15 is 0 Å². The van der Waals surface area contributed by atoms with Gasteiger partial charge in [0.05, 0.1) is 0 Å². The third-order valence-electron chi connectivity index (χ3n) is 2.41. The van der Waals surface area contributed by atoms with Gasteiger partial charge in [0, 0.05) is 22.6 Å². The summed E-state index contributed by atoms with van der Waals surface area (Å²) in [7, 11) is 0. The van der Waals surface area contributed by atoms with Crippen LogP contribution in [0.15, 0.2) is 0 Å². The third-order valence-corrected chi connectivity index (χ3v) is 4.26. The fourth-order valence-electron chi connectivity index (χ4n) is 1.59. The molecule has 0 aromatic heterocycles. The van der Waals surface area contributed by atoms with Crippen molar-refractivity contribution >= 4 is 11.8 Å². The molecule has 0 unspecified atom stereocenters. The standard InChI is InChI=1S/C10H22N2S/c1-10(2,12)7-13-9-5-3-8(11)4-6-9/h8-9H,3-7,11-12H2,1-2H3. The first-order chi connectivity index (χ1) is 5.97. The molecule has 0 spiro atoms. The topological polar surface area (TPSA) is 52.0 Å². The highest BCUT2D eigenvalue weighted by atomic mass is 32.2. The lowest BCUT2D eigenvalue weighted by molar-refractivity contribution is 0.449. The summed E-state index contributed by atoms with van der Waals surface area (Å²) >= 11 is 2.03. The second kappa shape index (κ2) is 4.67. The second-order valence-corrected chi connectivity index (χ2v) is 6.13. The average Bonchev–Trinajstić information content (AvgIpc) is 2.02. The van der Waals surface area contributed by atoms with Crippen molar-refractivity contribution < 1.29 is 0 Å². The summed E-state index contributed by atoms with van der Waals surface area (Å²) in [4.78, 5) is 0. The van der Waals surface area contributed by atoms with Crippen LogP contribution in [0.25, 0.3) is 0 Å². The summed E-state index contributed by atoms with van der Waals surface area (Å²) in [5.41, 5.74) is 11.8. The second-order valence-electron chi connectivity index (χ2n) is 4.84. The molecule has 1 aliphatic rings. The van der Waals surface area contributed by atoms with E-state index in [1.165, 1.54) is 25.7 Å². The molecule has 1 saturated carbocycles. The maximum atomic E-state index is 5.93. The van der Waals surface area contributed by atoms with Crippen LogP contribution in [0.5, 0.6) is 0 Å². The molecular formula is C10H22N2S. The van der Waals surface area contributed by atoms with Crippen LogP contribution in [0, 0.1) is 0 Å². The Hall–Kier alpha value is 0.270. The summed E-state index contributed by atoms with van der Waals surface area (Å²) in [5, 5.41) is 0.808. The van der Waals surface area contributed by atoms with Gasteiger partial charge >= 0.3 is 0 Å². The highest BCUT2D eigenvalue weighted by molar-refractivity contribution is 7.99. The zero-order chi connectivity index (χ0) is 9.90. The van der Waals surface area contributed by atoms with Gasteiger partial charge in [-0.15, -0.1) is 0 Å². The molecule has 0 atom stereocenters. The molecule has 0 bridgehead atoms. The minimum absolute atomic E-state index is 0.0236. The molecule has 0 aliphatic heterocycles. The molecule has 4 N–H and O–H groups in total. The summed E-state index contributed by atoms with van der Waals surface area (Å²) in [6.07, 6.45) is 4.95. The first-order valence-electron chi connectivity index (χ1n) is 5.13. The number of rotatable bonds is 3. The van der Waals surface area contributed by atoms with Crippen molar-refractivity contribution in [1.82, 2.24) is 0 Å². The number of nitrogens with two attached hydrogens (primary N) is 2. The molecule has 2 nitrogen and oxygen atoms in total. The minimum atomic E-state index is -0.0236. The molecule has 0 saturated heterocycles. The van der Waals surface area contributed by atoms with Crippen LogP contribution in [0.1, 0.15) is 39.5 Å². The predicted molar refractivity (Wildman–Crippen MR) is 61.0 cm³/mol. The third kappa shape index (κ3) is 4.89. The molecule has 3 heteroatoms. The van der Waals surface area contributed by atoms with Crippen LogP contribution < -0.4 is 11.5 Å². The van der Waals surface area contributed by atoms with Crippen LogP contribution in [0.4, 0.5) is 0 Å². The summed E-state index contributed by atoms with van der Waals surface area (Å²) < 4.78 is 0. The van der Waals surface area contributed by atoms with Gasteiger partial charge in [-0.2, -0.15) is 11.8 Å². The Bertz CT molecular complexity index is 145. The summed E-state index contributed by atoms with van der Waals surface area (Å²) in [6, 6.07) is 0.461. The Morgan fingerprint density at radius 2 is 1.77 bits per heavy atom. The van der Waals surface area contributed by atoms with E-state index in [9.17, 15) is 0 Å². The molecule has 0 aromatic carbocycles. The van der Waals surface area contributed by atoms with Crippen molar-refractivity contribution in [2.45, 2.75) is 56.4 Å². The molecule has 0 radical (unpaired) electrons. The molecule has 0 amide bonds. The number of hydrogen-bond donors (Lipinski definition) is 2. The van der Waals surface area contributed by atoms with Crippen LogP contribution in [-0.2, 0) is 0 Å². The first-order valence-corrected chi connectivity index (χ1v) is 6.18. The number of hydrogen-bond acceptors (Lipinski definition) is 3. The molecular weight excluding hydrogens is 180 g/mol. The van der Waals surface area contributed by atoms with Crippen LogP contribution in [0.3, 0.4) is 0 Å². The zero-order valence-corrected chi connectivity index (χ0v) is 9.57. The van der Waals surface area contributed by atoms with Gasteiger partial charge in [0.2, 0.25) is 0 Å². The average molecular weight is 202 g/mol. The minimum Gasteiger partial charge on any atom is -0.328 e. The van der Waals surface area contributed by atoms with Crippen molar-refractivity contribution in [3.8, 4) is 0 Å². The van der Waals surface area contributed by atoms with E-state index in [4.69, 9.17) is 11.5 Å². The number of thioether (sulfide) groups is 1. The molecule has 78 valence electrons. The fourth-order valence-corrected chi connectivity index (χ4v) is 2.86. The van der Waals surface area contributed by atoms with Crippen molar-refractivity contribution in [3.63, 3.8) is 0 Å². The largest absolute Gasteiger partial charge is 0.328 e. The lowest BCUT2D eigenvalue weighted by Crippen LogP contribution is -2.36. The maximum Gasteiger partial charge on any atom is 0.0188 e.